The lowest BCUT2D eigenvalue weighted by molar-refractivity contribution is -0.155. The van der Waals surface area contributed by atoms with E-state index in [1.165, 1.54) is 4.90 Å². The Morgan fingerprint density at radius 1 is 0.969 bits per heavy atom. The number of methoxy groups -OCH3 is 1. The zero-order valence-electron chi connectivity index (χ0n) is 18.5. The third-order valence-corrected chi connectivity index (χ3v) is 7.08. The second-order valence-electron chi connectivity index (χ2n) is 8.82. The first-order chi connectivity index (χ1) is 15.5. The number of hydrogen-bond acceptors (Lipinski definition) is 6. The van der Waals surface area contributed by atoms with Gasteiger partial charge in [0.15, 0.2) is 0 Å². The number of carbonyl (C=O) groups is 2. The van der Waals surface area contributed by atoms with E-state index in [9.17, 15) is 14.7 Å². The molecule has 0 aliphatic carbocycles. The average molecular weight is 436 g/mol. The second-order valence-corrected chi connectivity index (χ2v) is 8.82. The van der Waals surface area contributed by atoms with Crippen LogP contribution in [-0.2, 0) is 9.59 Å². The molecular formula is C25H29N3O4. The molecule has 3 aliphatic heterocycles. The van der Waals surface area contributed by atoms with E-state index in [4.69, 9.17) is 4.74 Å². The van der Waals surface area contributed by atoms with Crippen molar-refractivity contribution < 1.29 is 19.4 Å². The molecule has 0 saturated carbocycles. The van der Waals surface area contributed by atoms with Crippen LogP contribution in [0.3, 0.4) is 0 Å². The molecule has 2 fully saturated rings. The molecule has 0 spiro atoms. The highest BCUT2D eigenvalue weighted by Gasteiger charge is 2.53. The minimum atomic E-state index is -0.876. The van der Waals surface area contributed by atoms with Gasteiger partial charge in [-0.05, 0) is 29.9 Å². The van der Waals surface area contributed by atoms with Crippen molar-refractivity contribution in [1.82, 2.24) is 14.9 Å². The minimum Gasteiger partial charge on any atom is -0.496 e. The normalized spacial score (nSPS) is 27.7. The lowest BCUT2D eigenvalue weighted by Gasteiger charge is -2.48. The standard InChI is InChI=1S/C25H29N3O4/c1-26-24(30)19-10-12-20(28(22(19)25(26)31)27-14-6-3-7-15-27)23(29)18-11-13-21(32-2)17-9-5-4-8-16(17)18/h4-5,8-13,19-20,22-23,29H,3,6-7,14-15H2,1-2H3. The number of likely N-dealkylation sites (N-methyl/N-ethyl adjacent to an activating group) is 1. The molecule has 2 aromatic rings. The Kier molecular flexibility index (Phi) is 5.49. The first-order valence-corrected chi connectivity index (χ1v) is 11.3. The third kappa shape index (κ3) is 3.23. The smallest absolute Gasteiger partial charge is 0.248 e. The van der Waals surface area contributed by atoms with Crippen molar-refractivity contribution in [2.24, 2.45) is 5.92 Å². The number of carbonyl (C=O) groups excluding carboxylic acids is 2. The van der Waals surface area contributed by atoms with Gasteiger partial charge in [0.2, 0.25) is 11.8 Å². The first kappa shape index (κ1) is 21.1. The van der Waals surface area contributed by atoms with Crippen molar-refractivity contribution in [3.8, 4) is 5.75 Å². The van der Waals surface area contributed by atoms with E-state index < -0.39 is 24.1 Å². The van der Waals surface area contributed by atoms with Gasteiger partial charge in [0.05, 0.1) is 19.1 Å². The first-order valence-electron chi connectivity index (χ1n) is 11.3. The fourth-order valence-electron chi connectivity index (χ4n) is 5.43. The fourth-order valence-corrected chi connectivity index (χ4v) is 5.43. The summed E-state index contributed by atoms with van der Waals surface area (Å²) in [6.07, 6.45) is 6.06. The van der Waals surface area contributed by atoms with Crippen molar-refractivity contribution >= 4 is 22.6 Å². The Morgan fingerprint density at radius 3 is 2.41 bits per heavy atom. The minimum absolute atomic E-state index is 0.180. The lowest BCUT2D eigenvalue weighted by Crippen LogP contribution is -2.61. The van der Waals surface area contributed by atoms with Crippen LogP contribution in [-0.4, -0.2) is 71.2 Å². The molecule has 5 rings (SSSR count). The number of benzene rings is 2. The quantitative estimate of drug-likeness (QED) is 0.588. The number of aliphatic hydroxyl groups is 1. The third-order valence-electron chi connectivity index (χ3n) is 7.08. The number of amides is 2. The van der Waals surface area contributed by atoms with Crippen LogP contribution in [0.4, 0.5) is 0 Å². The van der Waals surface area contributed by atoms with Crippen molar-refractivity contribution in [3.63, 3.8) is 0 Å². The van der Waals surface area contributed by atoms with Gasteiger partial charge < -0.3 is 9.84 Å². The summed E-state index contributed by atoms with van der Waals surface area (Å²) in [4.78, 5) is 27.0. The Labute approximate surface area is 187 Å². The summed E-state index contributed by atoms with van der Waals surface area (Å²) in [5, 5.41) is 17.7. The van der Waals surface area contributed by atoms with Crippen molar-refractivity contribution in [1.29, 1.82) is 0 Å². The number of likely N-dealkylation sites (tertiary alicyclic amines) is 1. The molecule has 2 amide bonds. The molecule has 4 atom stereocenters. The number of hydrogen-bond donors (Lipinski definition) is 1. The molecule has 7 nitrogen and oxygen atoms in total. The number of fused-ring (bicyclic) bond motifs is 2. The molecule has 7 heteroatoms. The molecule has 3 heterocycles. The largest absolute Gasteiger partial charge is 0.496 e. The predicted molar refractivity (Wildman–Crippen MR) is 121 cm³/mol. The molecule has 32 heavy (non-hydrogen) atoms. The van der Waals surface area contributed by atoms with Crippen LogP contribution in [0.2, 0.25) is 0 Å². The lowest BCUT2D eigenvalue weighted by atomic mass is 9.88. The number of nitrogens with zero attached hydrogens (tertiary/aromatic N) is 3. The molecule has 3 aliphatic rings. The Balaban J connectivity index is 1.59. The van der Waals surface area contributed by atoms with Gasteiger partial charge in [0, 0.05) is 25.5 Å². The Hall–Kier alpha value is -2.74. The number of imide groups is 1. The molecule has 1 N–H and O–H groups in total. The van der Waals surface area contributed by atoms with Crippen LogP contribution in [0.15, 0.2) is 48.6 Å². The number of ether oxygens (including phenoxy) is 1. The van der Waals surface area contributed by atoms with Crippen LogP contribution in [0, 0.1) is 5.92 Å². The van der Waals surface area contributed by atoms with E-state index in [1.54, 1.807) is 14.2 Å². The maximum absolute atomic E-state index is 13.1. The van der Waals surface area contributed by atoms with Gasteiger partial charge in [-0.15, -0.1) is 0 Å². The highest BCUT2D eigenvalue weighted by molar-refractivity contribution is 6.08. The molecule has 2 saturated heterocycles. The molecule has 4 unspecified atom stereocenters. The summed E-state index contributed by atoms with van der Waals surface area (Å²) in [5.41, 5.74) is 0.779. The van der Waals surface area contributed by atoms with E-state index in [2.05, 4.69) is 5.01 Å². The Morgan fingerprint density at radius 2 is 1.69 bits per heavy atom. The molecule has 0 radical (unpaired) electrons. The number of aliphatic hydroxyl groups excluding tert-OH is 1. The number of hydrazine groups is 1. The van der Waals surface area contributed by atoms with Crippen LogP contribution < -0.4 is 4.74 Å². The van der Waals surface area contributed by atoms with E-state index >= 15 is 0 Å². The van der Waals surface area contributed by atoms with E-state index in [1.807, 2.05) is 53.6 Å². The Bertz CT molecular complexity index is 1080. The van der Waals surface area contributed by atoms with E-state index in [-0.39, 0.29) is 11.8 Å². The predicted octanol–water partition coefficient (Wildman–Crippen LogP) is 2.51. The second kappa shape index (κ2) is 8.31. The monoisotopic (exact) mass is 435 g/mol. The van der Waals surface area contributed by atoms with Crippen LogP contribution in [0.25, 0.3) is 10.8 Å². The average Bonchev–Trinajstić information content (AvgIpc) is 3.06. The van der Waals surface area contributed by atoms with E-state index in [0.717, 1.165) is 54.4 Å². The van der Waals surface area contributed by atoms with Gasteiger partial charge in [-0.1, -0.05) is 48.9 Å². The topological polar surface area (TPSA) is 73.3 Å². The summed E-state index contributed by atoms with van der Waals surface area (Å²) >= 11 is 0. The van der Waals surface area contributed by atoms with Gasteiger partial charge in [-0.2, -0.15) is 0 Å². The molecule has 0 bridgehead atoms. The summed E-state index contributed by atoms with van der Waals surface area (Å²) in [6, 6.07) is 10.6. The number of piperidine rings is 1. The molecule has 168 valence electrons. The van der Waals surface area contributed by atoms with Gasteiger partial charge in [-0.25, -0.2) is 10.0 Å². The fraction of sp³-hybridized carbons (Fsp3) is 0.440. The van der Waals surface area contributed by atoms with Gasteiger partial charge in [-0.3, -0.25) is 14.5 Å². The van der Waals surface area contributed by atoms with Crippen molar-refractivity contribution in [2.45, 2.75) is 37.5 Å². The highest BCUT2D eigenvalue weighted by atomic mass is 16.5. The van der Waals surface area contributed by atoms with Gasteiger partial charge >= 0.3 is 0 Å². The summed E-state index contributed by atoms with van der Waals surface area (Å²) in [5.74, 6) is -0.139. The summed E-state index contributed by atoms with van der Waals surface area (Å²) in [7, 11) is 3.19. The zero-order valence-corrected chi connectivity index (χ0v) is 18.5. The SMILES string of the molecule is COc1ccc(C(O)C2C=CC3C(=O)N(C)C(=O)C3N2N2CCCCC2)c2ccccc12. The van der Waals surface area contributed by atoms with Crippen LogP contribution >= 0.6 is 0 Å². The zero-order chi connectivity index (χ0) is 22.4. The molecule has 0 aromatic heterocycles. The van der Waals surface area contributed by atoms with Crippen LogP contribution in [0.5, 0.6) is 5.75 Å². The molecule has 2 aromatic carbocycles. The van der Waals surface area contributed by atoms with Crippen molar-refractivity contribution in [3.05, 3.63) is 54.1 Å². The summed E-state index contributed by atoms with van der Waals surface area (Å²) < 4.78 is 5.52. The molecular weight excluding hydrogens is 406 g/mol. The van der Waals surface area contributed by atoms with Gasteiger partial charge in [0.1, 0.15) is 17.9 Å². The van der Waals surface area contributed by atoms with Gasteiger partial charge in [0.25, 0.3) is 0 Å². The summed E-state index contributed by atoms with van der Waals surface area (Å²) in [6.45, 7) is 1.63. The highest BCUT2D eigenvalue weighted by Crippen LogP contribution is 2.40. The van der Waals surface area contributed by atoms with Crippen molar-refractivity contribution in [2.75, 3.05) is 27.2 Å². The maximum Gasteiger partial charge on any atom is 0.248 e. The van der Waals surface area contributed by atoms with Crippen LogP contribution in [0.1, 0.15) is 30.9 Å². The van der Waals surface area contributed by atoms with E-state index in [0.29, 0.717) is 0 Å². The number of rotatable bonds is 4. The maximum atomic E-state index is 13.1.